The van der Waals surface area contributed by atoms with Crippen molar-refractivity contribution < 1.29 is 9.53 Å². The van der Waals surface area contributed by atoms with Gasteiger partial charge in [-0.1, -0.05) is 19.1 Å². The molecule has 146 valence electrons. The summed E-state index contributed by atoms with van der Waals surface area (Å²) in [7, 11) is 0. The highest BCUT2D eigenvalue weighted by Crippen LogP contribution is 2.31. The van der Waals surface area contributed by atoms with Gasteiger partial charge in [-0.2, -0.15) is 0 Å². The standard InChI is InChI=1S/C20H33N3O2S/c1-3-17-26-19-10-6-5-9-18(19)23-15-13-22(14-16-23)12-8-7-11-21-20(24)25-4-2/h5-6,9-10H,3-4,7-8,11-17H2,1-2H3,(H,21,24). The fourth-order valence-electron chi connectivity index (χ4n) is 3.10. The molecule has 1 aromatic carbocycles. The number of carbonyl (C=O) groups excluding carboxylic acids is 1. The van der Waals surface area contributed by atoms with E-state index in [1.54, 1.807) is 0 Å². The van der Waals surface area contributed by atoms with Gasteiger partial charge in [0, 0.05) is 37.6 Å². The van der Waals surface area contributed by atoms with Crippen molar-refractivity contribution in [1.29, 1.82) is 0 Å². The molecular formula is C20H33N3O2S. The summed E-state index contributed by atoms with van der Waals surface area (Å²) in [6, 6.07) is 8.80. The van der Waals surface area contributed by atoms with Crippen LogP contribution in [0.2, 0.25) is 0 Å². The lowest BCUT2D eigenvalue weighted by atomic mass is 10.2. The van der Waals surface area contributed by atoms with Crippen molar-refractivity contribution in [2.45, 2.75) is 38.0 Å². The molecule has 0 bridgehead atoms. The molecule has 1 fully saturated rings. The van der Waals surface area contributed by atoms with Gasteiger partial charge in [-0.3, -0.25) is 4.90 Å². The lowest BCUT2D eigenvalue weighted by Gasteiger charge is -2.37. The molecule has 1 N–H and O–H groups in total. The van der Waals surface area contributed by atoms with E-state index in [0.29, 0.717) is 13.2 Å². The first-order valence-electron chi connectivity index (χ1n) is 9.84. The lowest BCUT2D eigenvalue weighted by molar-refractivity contribution is 0.152. The number of ether oxygens (including phenoxy) is 1. The molecule has 1 aliphatic rings. The number of hydrogen-bond acceptors (Lipinski definition) is 5. The fourth-order valence-corrected chi connectivity index (χ4v) is 4.04. The number of nitrogens with zero attached hydrogens (tertiary/aromatic N) is 2. The monoisotopic (exact) mass is 379 g/mol. The zero-order chi connectivity index (χ0) is 18.6. The fraction of sp³-hybridized carbons (Fsp3) is 0.650. The molecule has 5 nitrogen and oxygen atoms in total. The van der Waals surface area contributed by atoms with Gasteiger partial charge in [0.15, 0.2) is 0 Å². The number of benzene rings is 1. The normalized spacial score (nSPS) is 15.1. The van der Waals surface area contributed by atoms with Crippen LogP contribution in [0.3, 0.4) is 0 Å². The molecule has 0 atom stereocenters. The van der Waals surface area contributed by atoms with E-state index in [4.69, 9.17) is 4.74 Å². The Hall–Kier alpha value is -1.40. The number of rotatable bonds is 10. The van der Waals surface area contributed by atoms with Gasteiger partial charge in [0.05, 0.1) is 12.3 Å². The number of alkyl carbamates (subject to hydrolysis) is 1. The molecule has 1 heterocycles. The molecular weight excluding hydrogens is 346 g/mol. The van der Waals surface area contributed by atoms with E-state index >= 15 is 0 Å². The maximum Gasteiger partial charge on any atom is 0.407 e. The summed E-state index contributed by atoms with van der Waals surface area (Å²) in [6.07, 6.45) is 3.00. The SMILES string of the molecule is CCCSc1ccccc1N1CCN(CCCCNC(=O)OCC)CC1. The lowest BCUT2D eigenvalue weighted by Crippen LogP contribution is -2.46. The van der Waals surface area contributed by atoms with Crippen molar-refractivity contribution in [3.8, 4) is 0 Å². The minimum atomic E-state index is -0.305. The minimum absolute atomic E-state index is 0.305. The second-order valence-corrected chi connectivity index (χ2v) is 7.64. The van der Waals surface area contributed by atoms with Crippen LogP contribution >= 0.6 is 11.8 Å². The Morgan fingerprint density at radius 2 is 1.92 bits per heavy atom. The Morgan fingerprint density at radius 3 is 2.65 bits per heavy atom. The number of piperazine rings is 1. The van der Waals surface area contributed by atoms with Gasteiger partial charge in [-0.05, 0) is 50.6 Å². The summed E-state index contributed by atoms with van der Waals surface area (Å²) >= 11 is 1.97. The zero-order valence-electron chi connectivity index (χ0n) is 16.2. The van der Waals surface area contributed by atoms with Crippen LogP contribution in [0.4, 0.5) is 10.5 Å². The molecule has 6 heteroatoms. The topological polar surface area (TPSA) is 44.8 Å². The predicted molar refractivity (Wildman–Crippen MR) is 110 cm³/mol. The average Bonchev–Trinajstić information content (AvgIpc) is 2.67. The predicted octanol–water partition coefficient (Wildman–Crippen LogP) is 3.84. The summed E-state index contributed by atoms with van der Waals surface area (Å²) in [6.45, 7) is 10.7. The van der Waals surface area contributed by atoms with E-state index in [2.05, 4.69) is 46.3 Å². The molecule has 0 saturated carbocycles. The number of unbranched alkanes of at least 4 members (excludes halogenated alkanes) is 1. The first-order chi connectivity index (χ1) is 12.7. The van der Waals surface area contributed by atoms with Gasteiger partial charge in [-0.15, -0.1) is 11.8 Å². The van der Waals surface area contributed by atoms with E-state index < -0.39 is 0 Å². The number of carbonyl (C=O) groups is 1. The maximum atomic E-state index is 11.2. The largest absolute Gasteiger partial charge is 0.450 e. The summed E-state index contributed by atoms with van der Waals surface area (Å²) in [4.78, 5) is 17.7. The molecule has 1 aliphatic heterocycles. The molecule has 1 saturated heterocycles. The molecule has 26 heavy (non-hydrogen) atoms. The van der Waals surface area contributed by atoms with Crippen molar-refractivity contribution in [1.82, 2.24) is 10.2 Å². The smallest absolute Gasteiger partial charge is 0.407 e. The van der Waals surface area contributed by atoms with Gasteiger partial charge in [0.25, 0.3) is 0 Å². The third kappa shape index (κ3) is 7.08. The average molecular weight is 380 g/mol. The maximum absolute atomic E-state index is 11.2. The first kappa shape index (κ1) is 20.9. The van der Waals surface area contributed by atoms with Crippen LogP contribution in [0, 0.1) is 0 Å². The highest BCUT2D eigenvalue weighted by molar-refractivity contribution is 7.99. The molecule has 0 spiro atoms. The van der Waals surface area contributed by atoms with E-state index in [9.17, 15) is 4.79 Å². The molecule has 0 aromatic heterocycles. The molecule has 2 rings (SSSR count). The summed E-state index contributed by atoms with van der Waals surface area (Å²) in [5.74, 6) is 1.18. The number of hydrogen-bond donors (Lipinski definition) is 1. The van der Waals surface area contributed by atoms with Crippen LogP contribution < -0.4 is 10.2 Å². The van der Waals surface area contributed by atoms with Crippen molar-refractivity contribution in [3.05, 3.63) is 24.3 Å². The minimum Gasteiger partial charge on any atom is -0.450 e. The van der Waals surface area contributed by atoms with E-state index in [1.165, 1.54) is 22.8 Å². The third-order valence-electron chi connectivity index (χ3n) is 4.49. The van der Waals surface area contributed by atoms with Crippen LogP contribution in [0.1, 0.15) is 33.1 Å². The zero-order valence-corrected chi connectivity index (χ0v) is 17.0. The van der Waals surface area contributed by atoms with Gasteiger partial charge in [-0.25, -0.2) is 4.79 Å². The number of nitrogens with one attached hydrogen (secondary N) is 1. The highest BCUT2D eigenvalue weighted by Gasteiger charge is 2.18. The Labute approximate surface area is 162 Å². The quantitative estimate of drug-likeness (QED) is 0.494. The van der Waals surface area contributed by atoms with E-state index in [1.807, 2.05) is 18.7 Å². The Morgan fingerprint density at radius 1 is 1.15 bits per heavy atom. The molecule has 1 amide bonds. The van der Waals surface area contributed by atoms with Crippen molar-refractivity contribution in [3.63, 3.8) is 0 Å². The van der Waals surface area contributed by atoms with Crippen LogP contribution in [-0.2, 0) is 4.74 Å². The first-order valence-corrected chi connectivity index (χ1v) is 10.8. The van der Waals surface area contributed by atoms with Gasteiger partial charge >= 0.3 is 6.09 Å². The van der Waals surface area contributed by atoms with E-state index in [0.717, 1.165) is 45.6 Å². The van der Waals surface area contributed by atoms with E-state index in [-0.39, 0.29) is 6.09 Å². The second-order valence-electron chi connectivity index (χ2n) is 6.50. The highest BCUT2D eigenvalue weighted by atomic mass is 32.2. The Bertz CT molecular complexity index is 534. The van der Waals surface area contributed by atoms with Gasteiger partial charge < -0.3 is 15.0 Å². The van der Waals surface area contributed by atoms with Crippen LogP contribution in [0.5, 0.6) is 0 Å². The van der Waals surface area contributed by atoms with Crippen molar-refractivity contribution in [2.24, 2.45) is 0 Å². The van der Waals surface area contributed by atoms with Crippen molar-refractivity contribution >= 4 is 23.5 Å². The molecule has 0 unspecified atom stereocenters. The van der Waals surface area contributed by atoms with Gasteiger partial charge in [0.2, 0.25) is 0 Å². The number of thioether (sulfide) groups is 1. The number of anilines is 1. The Kier molecular flexibility index (Phi) is 9.71. The van der Waals surface area contributed by atoms with Crippen molar-refractivity contribution in [2.75, 3.05) is 56.5 Å². The summed E-state index contributed by atoms with van der Waals surface area (Å²) in [5.41, 5.74) is 1.39. The molecule has 0 radical (unpaired) electrons. The third-order valence-corrected chi connectivity index (χ3v) is 5.75. The Balaban J connectivity index is 1.67. The van der Waals surface area contributed by atoms with Crippen LogP contribution in [-0.4, -0.2) is 62.6 Å². The molecule has 1 aromatic rings. The van der Waals surface area contributed by atoms with Crippen LogP contribution in [0.25, 0.3) is 0 Å². The second kappa shape index (κ2) is 12.1. The van der Waals surface area contributed by atoms with Gasteiger partial charge in [0.1, 0.15) is 0 Å². The summed E-state index contributed by atoms with van der Waals surface area (Å²) < 4.78 is 4.86. The van der Waals surface area contributed by atoms with Crippen LogP contribution in [0.15, 0.2) is 29.2 Å². The molecule has 0 aliphatic carbocycles. The number of amides is 1. The summed E-state index contributed by atoms with van der Waals surface area (Å²) in [5, 5.41) is 2.78. The number of para-hydroxylation sites is 1.